The van der Waals surface area contributed by atoms with Crippen LogP contribution in [-0.2, 0) is 4.43 Å². The molecule has 0 fully saturated rings. The number of aliphatic hydroxyl groups excluding tert-OH is 1. The molecule has 0 aliphatic carbocycles. The standard InChI is InChI=1S/C22H29IO2Si/c1-22(2,3)26(20-13-6-4-7-14-20,21-15-8-5-9-16-21)25-17-11-10-12-19(23)18-24/h4-9,12-16,24H,10-11,17-18H2,1-3H3/b19-12+. The number of unbranched alkanes of at least 4 members (excludes halogenated alkanes) is 1. The van der Waals surface area contributed by atoms with Crippen LogP contribution in [0.15, 0.2) is 70.3 Å². The van der Waals surface area contributed by atoms with Crippen LogP contribution < -0.4 is 10.4 Å². The van der Waals surface area contributed by atoms with Crippen LogP contribution in [0.5, 0.6) is 0 Å². The van der Waals surface area contributed by atoms with Crippen molar-refractivity contribution in [1.29, 1.82) is 0 Å². The molecule has 0 saturated heterocycles. The van der Waals surface area contributed by atoms with Crippen LogP contribution >= 0.6 is 22.6 Å². The average molecular weight is 480 g/mol. The highest BCUT2D eigenvalue weighted by Gasteiger charge is 2.49. The van der Waals surface area contributed by atoms with E-state index in [1.54, 1.807) is 0 Å². The second-order valence-electron chi connectivity index (χ2n) is 7.46. The van der Waals surface area contributed by atoms with E-state index in [1.807, 2.05) is 0 Å². The predicted octanol–water partition coefficient (Wildman–Crippen LogP) is 4.65. The molecule has 0 atom stereocenters. The van der Waals surface area contributed by atoms with E-state index in [2.05, 4.69) is 110 Å². The highest BCUT2D eigenvalue weighted by molar-refractivity contribution is 14.1. The van der Waals surface area contributed by atoms with Crippen molar-refractivity contribution in [2.45, 2.75) is 38.7 Å². The summed E-state index contributed by atoms with van der Waals surface area (Å²) in [5.74, 6) is 0. The molecule has 0 aliphatic heterocycles. The number of allylic oxidation sites excluding steroid dienone is 1. The summed E-state index contributed by atoms with van der Waals surface area (Å²) < 4.78 is 7.82. The minimum Gasteiger partial charge on any atom is -0.407 e. The minimum absolute atomic E-state index is 0.0189. The van der Waals surface area contributed by atoms with E-state index in [1.165, 1.54) is 10.4 Å². The van der Waals surface area contributed by atoms with Gasteiger partial charge in [-0.2, -0.15) is 0 Å². The zero-order chi connectivity index (χ0) is 19.0. The molecule has 26 heavy (non-hydrogen) atoms. The minimum atomic E-state index is -2.41. The Balaban J connectivity index is 2.35. The van der Waals surface area contributed by atoms with Crippen molar-refractivity contribution >= 4 is 41.3 Å². The maximum Gasteiger partial charge on any atom is 0.261 e. The molecule has 0 saturated carbocycles. The summed E-state index contributed by atoms with van der Waals surface area (Å²) in [5.41, 5.74) is 0. The van der Waals surface area contributed by atoms with Gasteiger partial charge in [-0.25, -0.2) is 0 Å². The van der Waals surface area contributed by atoms with Gasteiger partial charge in [0.25, 0.3) is 8.32 Å². The molecule has 0 amide bonds. The lowest BCUT2D eigenvalue weighted by Crippen LogP contribution is -2.66. The molecule has 0 bridgehead atoms. The summed E-state index contributed by atoms with van der Waals surface area (Å²) in [7, 11) is -2.41. The fraction of sp³-hybridized carbons (Fsp3) is 0.364. The Hall–Kier alpha value is -0.953. The molecule has 0 aromatic heterocycles. The molecule has 0 unspecified atom stereocenters. The van der Waals surface area contributed by atoms with Gasteiger partial charge in [0.05, 0.1) is 6.61 Å². The maximum absolute atomic E-state index is 9.12. The van der Waals surface area contributed by atoms with Crippen LogP contribution in [0.2, 0.25) is 5.04 Å². The normalized spacial score (nSPS) is 13.0. The predicted molar refractivity (Wildman–Crippen MR) is 122 cm³/mol. The van der Waals surface area contributed by atoms with Crippen LogP contribution in [0.25, 0.3) is 0 Å². The van der Waals surface area contributed by atoms with E-state index < -0.39 is 8.32 Å². The van der Waals surface area contributed by atoms with Gasteiger partial charge in [-0.1, -0.05) is 87.5 Å². The molecule has 1 N–H and O–H groups in total. The molecule has 4 heteroatoms. The molecule has 0 spiro atoms. The van der Waals surface area contributed by atoms with Crippen molar-refractivity contribution in [2.75, 3.05) is 13.2 Å². The second kappa shape index (κ2) is 9.83. The first kappa shape index (κ1) is 21.3. The zero-order valence-corrected chi connectivity index (χ0v) is 19.1. The Labute approximate surface area is 172 Å². The Morgan fingerprint density at radius 2 is 1.50 bits per heavy atom. The summed E-state index contributed by atoms with van der Waals surface area (Å²) in [6, 6.07) is 21.5. The van der Waals surface area contributed by atoms with Gasteiger partial charge >= 0.3 is 0 Å². The highest BCUT2D eigenvalue weighted by Crippen LogP contribution is 2.36. The third-order valence-corrected chi connectivity index (χ3v) is 10.4. The van der Waals surface area contributed by atoms with Gasteiger partial charge in [0.2, 0.25) is 0 Å². The third-order valence-electron chi connectivity index (χ3n) is 4.60. The van der Waals surface area contributed by atoms with Crippen LogP contribution in [0, 0.1) is 0 Å². The largest absolute Gasteiger partial charge is 0.407 e. The monoisotopic (exact) mass is 480 g/mol. The van der Waals surface area contributed by atoms with Crippen molar-refractivity contribution in [3.05, 3.63) is 70.3 Å². The first-order valence-electron chi connectivity index (χ1n) is 9.12. The summed E-state index contributed by atoms with van der Waals surface area (Å²) in [5, 5.41) is 11.8. The Kier molecular flexibility index (Phi) is 8.07. The van der Waals surface area contributed by atoms with Gasteiger partial charge in [-0.3, -0.25) is 0 Å². The van der Waals surface area contributed by atoms with E-state index >= 15 is 0 Å². The lowest BCUT2D eigenvalue weighted by molar-refractivity contribution is 0.292. The van der Waals surface area contributed by atoms with Gasteiger partial charge in [-0.05, 0) is 50.8 Å². The summed E-state index contributed by atoms with van der Waals surface area (Å²) in [6.45, 7) is 7.74. The number of rotatable bonds is 8. The van der Waals surface area contributed by atoms with Gasteiger partial charge in [-0.15, -0.1) is 0 Å². The molecule has 140 valence electrons. The Morgan fingerprint density at radius 3 is 1.92 bits per heavy atom. The van der Waals surface area contributed by atoms with Gasteiger partial charge < -0.3 is 9.53 Å². The molecular weight excluding hydrogens is 451 g/mol. The third kappa shape index (κ3) is 5.06. The van der Waals surface area contributed by atoms with Crippen LogP contribution in [0.3, 0.4) is 0 Å². The maximum atomic E-state index is 9.12. The molecule has 0 radical (unpaired) electrons. The van der Waals surface area contributed by atoms with Gasteiger partial charge in [0.15, 0.2) is 0 Å². The van der Waals surface area contributed by atoms with Crippen molar-refractivity contribution in [3.8, 4) is 0 Å². The quantitative estimate of drug-likeness (QED) is 0.339. The van der Waals surface area contributed by atoms with E-state index in [4.69, 9.17) is 9.53 Å². The number of benzene rings is 2. The average Bonchev–Trinajstić information content (AvgIpc) is 2.65. The number of halogens is 1. The zero-order valence-electron chi connectivity index (χ0n) is 15.9. The Morgan fingerprint density at radius 1 is 1.00 bits per heavy atom. The summed E-state index contributed by atoms with van der Waals surface area (Å²) in [4.78, 5) is 0. The van der Waals surface area contributed by atoms with E-state index in [0.717, 1.165) is 23.0 Å². The van der Waals surface area contributed by atoms with Crippen LogP contribution in [0.1, 0.15) is 33.6 Å². The molecule has 0 heterocycles. The molecule has 2 aromatic carbocycles. The number of hydrogen-bond donors (Lipinski definition) is 1. The summed E-state index contributed by atoms with van der Waals surface area (Å²) >= 11 is 2.18. The van der Waals surface area contributed by atoms with Crippen molar-refractivity contribution in [2.24, 2.45) is 0 Å². The highest BCUT2D eigenvalue weighted by atomic mass is 127. The fourth-order valence-corrected chi connectivity index (χ4v) is 8.31. The SMILES string of the molecule is CC(C)(C)[Si](OCCC/C=C(/I)CO)(c1ccccc1)c1ccccc1. The first-order chi connectivity index (χ1) is 12.4. The van der Waals surface area contributed by atoms with Crippen LogP contribution in [0.4, 0.5) is 0 Å². The van der Waals surface area contributed by atoms with E-state index in [-0.39, 0.29) is 11.6 Å². The fourth-order valence-electron chi connectivity index (χ4n) is 3.39. The van der Waals surface area contributed by atoms with E-state index in [9.17, 15) is 0 Å². The number of aliphatic hydroxyl groups is 1. The molecule has 2 rings (SSSR count). The topological polar surface area (TPSA) is 29.5 Å². The van der Waals surface area contributed by atoms with Crippen molar-refractivity contribution < 1.29 is 9.53 Å². The smallest absolute Gasteiger partial charge is 0.261 e. The lowest BCUT2D eigenvalue weighted by Gasteiger charge is -2.43. The summed E-state index contributed by atoms with van der Waals surface area (Å²) in [6.07, 6.45) is 3.98. The number of hydrogen-bond acceptors (Lipinski definition) is 2. The van der Waals surface area contributed by atoms with Gasteiger partial charge in [0.1, 0.15) is 0 Å². The first-order valence-corrected chi connectivity index (χ1v) is 12.1. The molecule has 2 aromatic rings. The lowest BCUT2D eigenvalue weighted by atomic mass is 10.2. The van der Waals surface area contributed by atoms with E-state index in [0.29, 0.717) is 0 Å². The second-order valence-corrected chi connectivity index (χ2v) is 13.2. The molecule has 0 aliphatic rings. The van der Waals surface area contributed by atoms with Crippen LogP contribution in [-0.4, -0.2) is 26.6 Å². The Bertz CT molecular complexity index is 654. The molecular formula is C22H29IO2Si. The molecule has 2 nitrogen and oxygen atoms in total. The van der Waals surface area contributed by atoms with Crippen molar-refractivity contribution in [1.82, 2.24) is 0 Å². The van der Waals surface area contributed by atoms with Crippen molar-refractivity contribution in [3.63, 3.8) is 0 Å². The van der Waals surface area contributed by atoms with Gasteiger partial charge in [0, 0.05) is 10.2 Å².